The first-order valence-electron chi connectivity index (χ1n) is 11.4. The molecule has 1 aromatic rings. The minimum absolute atomic E-state index is 0.162. The van der Waals surface area contributed by atoms with Gasteiger partial charge in [-0.05, 0) is 99.3 Å². The van der Waals surface area contributed by atoms with Crippen LogP contribution in [0.3, 0.4) is 0 Å². The lowest BCUT2D eigenvalue weighted by molar-refractivity contribution is 0.0105. The van der Waals surface area contributed by atoms with Gasteiger partial charge in [0.25, 0.3) is 0 Å². The molecule has 0 amide bonds. The van der Waals surface area contributed by atoms with Gasteiger partial charge in [-0.1, -0.05) is 50.0 Å². The maximum Gasteiger partial charge on any atom is 0.335 e. The van der Waals surface area contributed by atoms with Crippen molar-refractivity contribution in [3.8, 4) is 5.75 Å². The molecule has 3 heteroatoms. The number of fused-ring (bicyclic) bond motifs is 1. The molecule has 1 aromatic carbocycles. The van der Waals surface area contributed by atoms with Gasteiger partial charge >= 0.3 is 5.97 Å². The van der Waals surface area contributed by atoms with Gasteiger partial charge in [0.05, 0.1) is 5.56 Å². The number of aromatic carboxylic acids is 1. The molecule has 0 radical (unpaired) electrons. The molecule has 2 atom stereocenters. The zero-order chi connectivity index (χ0) is 22.1. The highest BCUT2D eigenvalue weighted by atomic mass is 16.4. The van der Waals surface area contributed by atoms with E-state index in [2.05, 4.69) is 40.7 Å². The zero-order valence-corrected chi connectivity index (χ0v) is 19.3. The van der Waals surface area contributed by atoms with Crippen LogP contribution in [0.5, 0.6) is 5.75 Å². The van der Waals surface area contributed by atoms with Gasteiger partial charge in [0.1, 0.15) is 5.75 Å². The number of hydrogen-bond acceptors (Lipinski definition) is 2. The van der Waals surface area contributed by atoms with E-state index in [4.69, 9.17) is 0 Å². The molecule has 1 saturated carbocycles. The van der Waals surface area contributed by atoms with Gasteiger partial charge in [0, 0.05) is 0 Å². The molecule has 0 aliphatic heterocycles. The van der Waals surface area contributed by atoms with Crippen LogP contribution in [0.4, 0.5) is 0 Å². The van der Waals surface area contributed by atoms with Gasteiger partial charge in [-0.15, -0.1) is 0 Å². The van der Waals surface area contributed by atoms with Gasteiger partial charge in [0.2, 0.25) is 0 Å². The van der Waals surface area contributed by atoms with E-state index >= 15 is 0 Å². The van der Waals surface area contributed by atoms with E-state index in [9.17, 15) is 15.0 Å². The van der Waals surface area contributed by atoms with E-state index in [1.807, 2.05) is 0 Å². The summed E-state index contributed by atoms with van der Waals surface area (Å²) in [6, 6.07) is 4.49. The molecule has 164 valence electrons. The Hall–Kier alpha value is -2.03. The van der Waals surface area contributed by atoms with Crippen LogP contribution < -0.4 is 0 Å². The highest BCUT2D eigenvalue weighted by Gasteiger charge is 2.49. The molecule has 0 bridgehead atoms. The van der Waals surface area contributed by atoms with Crippen LogP contribution >= 0.6 is 0 Å². The predicted molar refractivity (Wildman–Crippen MR) is 123 cm³/mol. The molecule has 2 aliphatic rings. The number of phenols is 1. The van der Waals surface area contributed by atoms with E-state index in [1.165, 1.54) is 49.8 Å². The third-order valence-corrected chi connectivity index (χ3v) is 8.01. The van der Waals surface area contributed by atoms with Crippen LogP contribution in [0, 0.1) is 16.7 Å². The molecular weight excluding hydrogens is 372 g/mol. The second-order valence-corrected chi connectivity index (χ2v) is 10.5. The van der Waals surface area contributed by atoms with Gasteiger partial charge < -0.3 is 10.2 Å². The van der Waals surface area contributed by atoms with Crippen molar-refractivity contribution in [2.75, 3.05) is 0 Å². The summed E-state index contributed by atoms with van der Waals surface area (Å²) in [6.07, 6.45) is 11.4. The third kappa shape index (κ3) is 4.50. The minimum Gasteiger partial charge on any atom is -0.508 e. The minimum atomic E-state index is -0.963. The van der Waals surface area contributed by atoms with E-state index in [0.29, 0.717) is 22.8 Å². The highest BCUT2D eigenvalue weighted by molar-refractivity contribution is 5.88. The first kappa shape index (κ1) is 22.7. The number of aromatic hydroxyl groups is 1. The number of carbonyl (C=O) groups is 1. The molecule has 3 rings (SSSR count). The molecule has 2 N–H and O–H groups in total. The quantitative estimate of drug-likeness (QED) is 0.484. The first-order chi connectivity index (χ1) is 14.0. The van der Waals surface area contributed by atoms with E-state index in [0.717, 1.165) is 18.8 Å². The molecule has 0 saturated heterocycles. The summed E-state index contributed by atoms with van der Waals surface area (Å²) in [4.78, 5) is 11.2. The fraction of sp³-hybridized carbons (Fsp3) is 0.593. The van der Waals surface area contributed by atoms with Gasteiger partial charge in [-0.3, -0.25) is 0 Å². The predicted octanol–water partition coefficient (Wildman–Crippen LogP) is 7.30. The Balaban J connectivity index is 1.71. The Morgan fingerprint density at radius 3 is 2.67 bits per heavy atom. The van der Waals surface area contributed by atoms with Crippen molar-refractivity contribution in [2.24, 2.45) is 16.7 Å². The van der Waals surface area contributed by atoms with Crippen LogP contribution in [0.1, 0.15) is 95.5 Å². The van der Waals surface area contributed by atoms with Crippen LogP contribution in [0.2, 0.25) is 0 Å². The van der Waals surface area contributed by atoms with E-state index in [1.54, 1.807) is 17.2 Å². The first-order valence-corrected chi connectivity index (χ1v) is 11.4. The molecule has 0 aromatic heterocycles. The van der Waals surface area contributed by atoms with Crippen molar-refractivity contribution in [2.45, 2.75) is 86.0 Å². The topological polar surface area (TPSA) is 57.5 Å². The monoisotopic (exact) mass is 410 g/mol. The van der Waals surface area contributed by atoms with Crippen LogP contribution in [0.15, 0.2) is 41.0 Å². The summed E-state index contributed by atoms with van der Waals surface area (Å²) in [7, 11) is 0. The fourth-order valence-electron chi connectivity index (χ4n) is 6.28. The highest BCUT2D eigenvalue weighted by Crippen LogP contribution is 2.60. The van der Waals surface area contributed by atoms with Crippen molar-refractivity contribution in [1.82, 2.24) is 0 Å². The maximum atomic E-state index is 11.2. The molecule has 0 unspecified atom stereocenters. The molecule has 30 heavy (non-hydrogen) atoms. The number of carboxylic acids is 1. The normalized spacial score (nSPS) is 26.4. The van der Waals surface area contributed by atoms with Gasteiger partial charge in [-0.2, -0.15) is 0 Å². The van der Waals surface area contributed by atoms with Crippen molar-refractivity contribution in [3.63, 3.8) is 0 Å². The number of carboxylic acid groups (broad SMARTS) is 1. The molecule has 1 fully saturated rings. The zero-order valence-electron chi connectivity index (χ0n) is 19.3. The summed E-state index contributed by atoms with van der Waals surface area (Å²) in [6.45, 7) is 12.0. The maximum absolute atomic E-state index is 11.2. The Bertz CT molecular complexity index is 874. The van der Waals surface area contributed by atoms with E-state index < -0.39 is 5.97 Å². The second-order valence-electron chi connectivity index (χ2n) is 10.5. The average molecular weight is 411 g/mol. The van der Waals surface area contributed by atoms with Gasteiger partial charge in [0.15, 0.2) is 0 Å². The van der Waals surface area contributed by atoms with Crippen LogP contribution in [-0.2, 0) is 6.42 Å². The second kappa shape index (κ2) is 8.61. The lowest BCUT2D eigenvalue weighted by Crippen LogP contribution is -2.45. The Morgan fingerprint density at radius 1 is 1.23 bits per heavy atom. The number of phenolic OH excluding ortho intramolecular Hbond substituents is 1. The lowest BCUT2D eigenvalue weighted by atomic mass is 9.50. The standard InChI is InChI=1S/C27H38O3/c1-18(7-10-20-17-21(25(29)30)11-13-23(20)28)8-12-22-19(2)9-14-24-26(3,4)15-6-16-27(22,24)5/h7,11,13,17,24,28H,6,8-10,12,14-16H2,1-5H3,(H,29,30)/t24-,27+/m1/s1. The van der Waals surface area contributed by atoms with E-state index in [-0.39, 0.29) is 11.3 Å². The number of hydrogen-bond donors (Lipinski definition) is 2. The summed E-state index contributed by atoms with van der Waals surface area (Å²) in [5.74, 6) is -0.0259. The van der Waals surface area contributed by atoms with Gasteiger partial charge in [-0.25, -0.2) is 4.79 Å². The Kier molecular flexibility index (Phi) is 6.50. The smallest absolute Gasteiger partial charge is 0.335 e. The number of allylic oxidation sites excluding steroid dienone is 4. The fourth-order valence-corrected chi connectivity index (χ4v) is 6.28. The summed E-state index contributed by atoms with van der Waals surface area (Å²) in [5.41, 5.74) is 6.24. The van der Waals surface area contributed by atoms with Crippen LogP contribution in [0.25, 0.3) is 0 Å². The third-order valence-electron chi connectivity index (χ3n) is 8.01. The summed E-state index contributed by atoms with van der Waals surface area (Å²) in [5, 5.41) is 19.3. The lowest BCUT2D eigenvalue weighted by Gasteiger charge is -2.55. The summed E-state index contributed by atoms with van der Waals surface area (Å²) < 4.78 is 0. The Morgan fingerprint density at radius 2 is 1.97 bits per heavy atom. The molecular formula is C27H38O3. The molecule has 2 aliphatic carbocycles. The van der Waals surface area contributed by atoms with Crippen molar-refractivity contribution < 1.29 is 15.0 Å². The Labute approximate surface area is 181 Å². The number of benzene rings is 1. The van der Waals surface area contributed by atoms with Crippen LogP contribution in [-0.4, -0.2) is 16.2 Å². The largest absolute Gasteiger partial charge is 0.508 e. The summed E-state index contributed by atoms with van der Waals surface area (Å²) >= 11 is 0. The van der Waals surface area contributed by atoms with Crippen molar-refractivity contribution in [3.05, 3.63) is 52.1 Å². The molecule has 3 nitrogen and oxygen atoms in total. The number of rotatable bonds is 6. The van der Waals surface area contributed by atoms with Crippen molar-refractivity contribution in [1.29, 1.82) is 0 Å². The average Bonchev–Trinajstić information content (AvgIpc) is 2.65. The SMILES string of the molecule is CC(=CCc1cc(C(=O)O)ccc1O)CCC1=C(C)CC[C@@H]2C(C)(C)CCC[C@@]12C. The molecule has 0 heterocycles. The molecule has 0 spiro atoms. The van der Waals surface area contributed by atoms with Crippen molar-refractivity contribution >= 4 is 5.97 Å².